The van der Waals surface area contributed by atoms with Crippen molar-refractivity contribution in [1.29, 1.82) is 5.26 Å². The third kappa shape index (κ3) is 7.66. The SMILES string of the molecule is N#CC(N)CCSCCCO. The molecule has 0 spiro atoms. The monoisotopic (exact) mass is 174 g/mol. The lowest BCUT2D eigenvalue weighted by atomic mass is 10.3. The topological polar surface area (TPSA) is 70.0 Å². The smallest absolute Gasteiger partial charge is 0.0935 e. The maximum Gasteiger partial charge on any atom is 0.0935 e. The lowest BCUT2D eigenvalue weighted by Gasteiger charge is -2.01. The number of aliphatic hydroxyl groups is 1. The standard InChI is InChI=1S/C7H14N2OS/c8-6-7(9)2-5-11-4-1-3-10/h7,10H,1-5,9H2. The first kappa shape index (κ1) is 10.8. The summed E-state index contributed by atoms with van der Waals surface area (Å²) in [6, 6.07) is 1.65. The normalized spacial score (nSPS) is 12.5. The average molecular weight is 174 g/mol. The number of thioether (sulfide) groups is 1. The lowest BCUT2D eigenvalue weighted by Crippen LogP contribution is -2.17. The number of nitrogens with two attached hydrogens (primary N) is 1. The molecule has 4 heteroatoms. The molecule has 11 heavy (non-hydrogen) atoms. The van der Waals surface area contributed by atoms with Gasteiger partial charge in [0.1, 0.15) is 0 Å². The van der Waals surface area contributed by atoms with Crippen molar-refractivity contribution < 1.29 is 5.11 Å². The van der Waals surface area contributed by atoms with Gasteiger partial charge in [0, 0.05) is 6.61 Å². The first-order chi connectivity index (χ1) is 5.31. The Morgan fingerprint density at radius 3 is 2.82 bits per heavy atom. The summed E-state index contributed by atoms with van der Waals surface area (Å²) in [5.41, 5.74) is 5.36. The van der Waals surface area contributed by atoms with E-state index < -0.39 is 0 Å². The van der Waals surface area contributed by atoms with Gasteiger partial charge in [-0.15, -0.1) is 0 Å². The fourth-order valence-corrected chi connectivity index (χ4v) is 1.50. The number of nitrogens with zero attached hydrogens (tertiary/aromatic N) is 1. The molecule has 0 aliphatic heterocycles. The van der Waals surface area contributed by atoms with Crippen molar-refractivity contribution in [3.8, 4) is 6.07 Å². The third-order valence-corrected chi connectivity index (χ3v) is 2.29. The minimum Gasteiger partial charge on any atom is -0.396 e. The van der Waals surface area contributed by atoms with E-state index in [2.05, 4.69) is 0 Å². The zero-order chi connectivity index (χ0) is 8.53. The highest BCUT2D eigenvalue weighted by atomic mass is 32.2. The van der Waals surface area contributed by atoms with Gasteiger partial charge in [0.05, 0.1) is 12.1 Å². The van der Waals surface area contributed by atoms with E-state index in [0.717, 1.165) is 24.3 Å². The van der Waals surface area contributed by atoms with Gasteiger partial charge in [0.2, 0.25) is 0 Å². The van der Waals surface area contributed by atoms with Crippen molar-refractivity contribution in [2.45, 2.75) is 18.9 Å². The zero-order valence-electron chi connectivity index (χ0n) is 6.49. The van der Waals surface area contributed by atoms with Crippen LogP contribution in [-0.2, 0) is 0 Å². The molecule has 0 amide bonds. The first-order valence-corrected chi connectivity index (χ1v) is 4.80. The molecule has 0 radical (unpaired) electrons. The van der Waals surface area contributed by atoms with Gasteiger partial charge in [0.25, 0.3) is 0 Å². The van der Waals surface area contributed by atoms with Gasteiger partial charge in [-0.05, 0) is 24.3 Å². The Hall–Kier alpha value is -0.240. The van der Waals surface area contributed by atoms with Crippen molar-refractivity contribution in [3.05, 3.63) is 0 Å². The van der Waals surface area contributed by atoms with Crippen molar-refractivity contribution in [2.24, 2.45) is 5.73 Å². The van der Waals surface area contributed by atoms with E-state index in [-0.39, 0.29) is 12.6 Å². The summed E-state index contributed by atoms with van der Waals surface area (Å²) < 4.78 is 0. The van der Waals surface area contributed by atoms with Gasteiger partial charge < -0.3 is 10.8 Å². The van der Waals surface area contributed by atoms with E-state index in [0.29, 0.717) is 0 Å². The summed E-state index contributed by atoms with van der Waals surface area (Å²) in [5.74, 6) is 1.86. The average Bonchev–Trinajstić information content (AvgIpc) is 2.04. The van der Waals surface area contributed by atoms with Gasteiger partial charge >= 0.3 is 0 Å². The maximum atomic E-state index is 8.43. The van der Waals surface area contributed by atoms with E-state index in [1.165, 1.54) is 0 Å². The van der Waals surface area contributed by atoms with Crippen LogP contribution in [0.1, 0.15) is 12.8 Å². The van der Waals surface area contributed by atoms with Crippen LogP contribution < -0.4 is 5.73 Å². The van der Waals surface area contributed by atoms with Crippen LogP contribution in [-0.4, -0.2) is 29.3 Å². The van der Waals surface area contributed by atoms with Crippen LogP contribution in [0, 0.1) is 11.3 Å². The van der Waals surface area contributed by atoms with Crippen LogP contribution in [0.15, 0.2) is 0 Å². The molecule has 0 aliphatic carbocycles. The van der Waals surface area contributed by atoms with E-state index in [4.69, 9.17) is 16.1 Å². The molecule has 0 rings (SSSR count). The van der Waals surface area contributed by atoms with Crippen LogP contribution in [0.25, 0.3) is 0 Å². The van der Waals surface area contributed by atoms with Crippen molar-refractivity contribution in [1.82, 2.24) is 0 Å². The molecule has 1 atom stereocenters. The molecule has 3 nitrogen and oxygen atoms in total. The summed E-state index contributed by atoms with van der Waals surface area (Å²) in [6.07, 6.45) is 1.57. The molecule has 0 aromatic carbocycles. The molecule has 0 saturated heterocycles. The number of nitriles is 1. The van der Waals surface area contributed by atoms with Gasteiger partial charge in [-0.1, -0.05) is 0 Å². The molecule has 3 N–H and O–H groups in total. The molecule has 0 saturated carbocycles. The van der Waals surface area contributed by atoms with Crippen LogP contribution in [0.5, 0.6) is 0 Å². The van der Waals surface area contributed by atoms with E-state index in [1.54, 1.807) is 11.8 Å². The Morgan fingerprint density at radius 1 is 1.55 bits per heavy atom. The first-order valence-electron chi connectivity index (χ1n) is 3.65. The second-order valence-corrected chi connectivity index (χ2v) is 3.44. The number of hydrogen-bond acceptors (Lipinski definition) is 4. The molecule has 64 valence electrons. The van der Waals surface area contributed by atoms with Crippen molar-refractivity contribution in [3.63, 3.8) is 0 Å². The van der Waals surface area contributed by atoms with Gasteiger partial charge in [0.15, 0.2) is 0 Å². The number of rotatable bonds is 6. The highest BCUT2D eigenvalue weighted by molar-refractivity contribution is 7.99. The van der Waals surface area contributed by atoms with Crippen LogP contribution in [0.2, 0.25) is 0 Å². The van der Waals surface area contributed by atoms with Crippen molar-refractivity contribution >= 4 is 11.8 Å². The summed E-state index contributed by atoms with van der Waals surface area (Å²) >= 11 is 1.73. The quantitative estimate of drug-likeness (QED) is 0.570. The Balaban J connectivity index is 2.97. The fourth-order valence-electron chi connectivity index (χ4n) is 0.544. The molecule has 0 aromatic heterocycles. The molecule has 1 unspecified atom stereocenters. The van der Waals surface area contributed by atoms with E-state index in [9.17, 15) is 0 Å². The second kappa shape index (κ2) is 7.86. The fraction of sp³-hybridized carbons (Fsp3) is 0.857. The molecule has 0 bridgehead atoms. The molecular formula is C7H14N2OS. The van der Waals surface area contributed by atoms with Gasteiger partial charge in [-0.2, -0.15) is 17.0 Å². The van der Waals surface area contributed by atoms with Crippen LogP contribution >= 0.6 is 11.8 Å². The van der Waals surface area contributed by atoms with Gasteiger partial charge in [-0.25, -0.2) is 0 Å². The third-order valence-electron chi connectivity index (χ3n) is 1.19. The molecule has 0 fully saturated rings. The number of aliphatic hydroxyl groups excluding tert-OH is 1. The molecular weight excluding hydrogens is 160 g/mol. The van der Waals surface area contributed by atoms with E-state index in [1.807, 2.05) is 6.07 Å². The summed E-state index contributed by atoms with van der Waals surface area (Å²) in [5, 5.41) is 16.7. The largest absolute Gasteiger partial charge is 0.396 e. The highest BCUT2D eigenvalue weighted by Gasteiger charge is 1.98. The van der Waals surface area contributed by atoms with Gasteiger partial charge in [-0.3, -0.25) is 0 Å². The van der Waals surface area contributed by atoms with Crippen LogP contribution in [0.4, 0.5) is 0 Å². The summed E-state index contributed by atoms with van der Waals surface area (Å²) in [7, 11) is 0. The minimum absolute atomic E-state index is 0.247. The Bertz CT molecular complexity index is 124. The zero-order valence-corrected chi connectivity index (χ0v) is 7.31. The Labute approximate surface area is 71.6 Å². The summed E-state index contributed by atoms with van der Waals surface area (Å²) in [6.45, 7) is 0.247. The molecule has 0 aromatic rings. The predicted molar refractivity (Wildman–Crippen MR) is 47.2 cm³/mol. The maximum absolute atomic E-state index is 8.43. The Morgan fingerprint density at radius 2 is 2.27 bits per heavy atom. The lowest BCUT2D eigenvalue weighted by molar-refractivity contribution is 0.296. The Kier molecular flexibility index (Phi) is 7.69. The van der Waals surface area contributed by atoms with E-state index >= 15 is 0 Å². The summed E-state index contributed by atoms with van der Waals surface area (Å²) in [4.78, 5) is 0. The molecule has 0 aliphatic rings. The highest BCUT2D eigenvalue weighted by Crippen LogP contribution is 2.04. The van der Waals surface area contributed by atoms with Crippen molar-refractivity contribution in [2.75, 3.05) is 18.1 Å². The predicted octanol–water partition coefficient (Wildman–Crippen LogP) is 0.343. The van der Waals surface area contributed by atoms with Crippen LogP contribution in [0.3, 0.4) is 0 Å². The second-order valence-electron chi connectivity index (χ2n) is 2.21. The molecule has 0 heterocycles. The number of hydrogen-bond donors (Lipinski definition) is 2. The minimum atomic E-state index is -0.323.